The van der Waals surface area contributed by atoms with Crippen molar-refractivity contribution in [3.05, 3.63) is 89.6 Å². The van der Waals surface area contributed by atoms with Gasteiger partial charge < -0.3 is 13.7 Å². The second-order valence-electron chi connectivity index (χ2n) is 7.32. The summed E-state index contributed by atoms with van der Waals surface area (Å²) in [4.78, 5) is 9.74. The van der Waals surface area contributed by atoms with Gasteiger partial charge in [-0.3, -0.25) is 0 Å². The van der Waals surface area contributed by atoms with Gasteiger partial charge in [-0.25, -0.2) is 9.97 Å². The van der Waals surface area contributed by atoms with E-state index in [2.05, 4.69) is 20.8 Å². The van der Waals surface area contributed by atoms with E-state index in [1.807, 2.05) is 42.5 Å². The van der Waals surface area contributed by atoms with E-state index < -0.39 is 0 Å². The van der Waals surface area contributed by atoms with Crippen molar-refractivity contribution in [1.82, 2.24) is 24.7 Å². The molecule has 0 aliphatic carbocycles. The molecule has 0 fully saturated rings. The van der Waals surface area contributed by atoms with Crippen LogP contribution in [-0.2, 0) is 13.2 Å². The van der Waals surface area contributed by atoms with Crippen molar-refractivity contribution < 1.29 is 9.15 Å². The minimum atomic E-state index is 0.173. The van der Waals surface area contributed by atoms with E-state index in [0.717, 1.165) is 33.1 Å². The third kappa shape index (κ3) is 3.33. The molecule has 0 aliphatic heterocycles. The number of rotatable bonds is 5. The average Bonchev–Trinajstić information content (AvgIpc) is 3.40. The fraction of sp³-hybridized carbons (Fsp3) is 0.0833. The average molecular weight is 442 g/mol. The van der Waals surface area contributed by atoms with Crippen LogP contribution in [0, 0.1) is 0 Å². The minimum Gasteiger partial charge on any atom is -0.484 e. The lowest BCUT2D eigenvalue weighted by molar-refractivity contribution is 0.258. The lowest BCUT2D eigenvalue weighted by Gasteiger charge is -2.04. The van der Waals surface area contributed by atoms with Crippen molar-refractivity contribution in [2.24, 2.45) is 0 Å². The van der Waals surface area contributed by atoms with E-state index in [4.69, 9.17) is 30.7 Å². The Kier molecular flexibility index (Phi) is 4.47. The van der Waals surface area contributed by atoms with Crippen LogP contribution in [0.25, 0.3) is 33.1 Å². The van der Waals surface area contributed by atoms with Gasteiger partial charge in [0.15, 0.2) is 12.3 Å². The molecule has 0 radical (unpaired) electrons. The van der Waals surface area contributed by atoms with Gasteiger partial charge >= 0.3 is 0 Å². The Morgan fingerprint density at radius 1 is 0.812 bits per heavy atom. The highest BCUT2D eigenvalue weighted by molar-refractivity contribution is 6.30. The van der Waals surface area contributed by atoms with Crippen LogP contribution in [0.15, 0.2) is 77.2 Å². The maximum Gasteiger partial charge on any atom is 0.253 e. The maximum atomic E-state index is 5.91. The Morgan fingerprint density at radius 3 is 2.38 bits per heavy atom. The van der Waals surface area contributed by atoms with Gasteiger partial charge in [-0.05, 0) is 42.5 Å². The van der Waals surface area contributed by atoms with Crippen LogP contribution < -0.4 is 4.74 Å². The lowest BCUT2D eigenvalue weighted by Crippen LogP contribution is -2.01. The van der Waals surface area contributed by atoms with Crippen molar-refractivity contribution in [2.75, 3.05) is 0 Å². The smallest absolute Gasteiger partial charge is 0.253 e. The fourth-order valence-corrected chi connectivity index (χ4v) is 3.89. The first-order chi connectivity index (χ1) is 15.7. The number of aromatic nitrogens is 5. The summed E-state index contributed by atoms with van der Waals surface area (Å²) in [5.41, 5.74) is 4.34. The zero-order valence-corrected chi connectivity index (χ0v) is 17.5. The molecule has 0 spiro atoms. The lowest BCUT2D eigenvalue weighted by atomic mass is 10.2. The number of hydrogen-bond acceptors (Lipinski definition) is 6. The fourth-order valence-electron chi connectivity index (χ4n) is 3.76. The van der Waals surface area contributed by atoms with E-state index in [0.29, 0.717) is 29.1 Å². The Labute approximate surface area is 187 Å². The van der Waals surface area contributed by atoms with Crippen LogP contribution in [0.5, 0.6) is 5.75 Å². The Bertz CT molecular complexity index is 1570. The van der Waals surface area contributed by atoms with E-state index in [1.54, 1.807) is 24.3 Å². The summed E-state index contributed by atoms with van der Waals surface area (Å²) in [5, 5.41) is 10.0. The van der Waals surface area contributed by atoms with Crippen LogP contribution in [0.3, 0.4) is 0 Å². The Balaban J connectivity index is 1.34. The third-order valence-electron chi connectivity index (χ3n) is 5.24. The normalized spacial score (nSPS) is 11.5. The largest absolute Gasteiger partial charge is 0.484 e. The quantitative estimate of drug-likeness (QED) is 0.356. The van der Waals surface area contributed by atoms with Gasteiger partial charge in [-0.1, -0.05) is 41.9 Å². The first kappa shape index (κ1) is 18.8. The molecule has 156 valence electrons. The van der Waals surface area contributed by atoms with Crippen molar-refractivity contribution in [3.8, 4) is 5.75 Å². The number of benzene rings is 3. The summed E-state index contributed by atoms with van der Waals surface area (Å²) in [5.74, 6) is 1.54. The van der Waals surface area contributed by atoms with Crippen LogP contribution in [0.2, 0.25) is 5.02 Å². The van der Waals surface area contributed by atoms with Gasteiger partial charge in [-0.2, -0.15) is 0 Å². The highest BCUT2D eigenvalue weighted by Crippen LogP contribution is 2.28. The first-order valence-corrected chi connectivity index (χ1v) is 10.5. The molecule has 0 saturated heterocycles. The Hall–Kier alpha value is -3.97. The SMILES string of the molecule is Clc1ccc(OCc2nnc(Cn3c4ccccc4c4nc5ccccc5nc43)o2)cc1. The van der Waals surface area contributed by atoms with E-state index in [9.17, 15) is 0 Å². The standard InChI is InChI=1S/C24H16ClN5O2/c25-15-9-11-16(12-10-15)31-14-22-29-28-21(32-22)13-30-20-8-4-1-5-17(20)23-24(30)27-19-7-3-2-6-18(19)26-23/h1-12H,13-14H2. The van der Waals surface area contributed by atoms with Crippen molar-refractivity contribution in [3.63, 3.8) is 0 Å². The molecule has 0 aliphatic rings. The number of fused-ring (bicyclic) bond motifs is 4. The molecule has 0 bridgehead atoms. The highest BCUT2D eigenvalue weighted by atomic mass is 35.5. The van der Waals surface area contributed by atoms with Crippen LogP contribution in [0.4, 0.5) is 0 Å². The number of halogens is 1. The molecular formula is C24H16ClN5O2. The van der Waals surface area contributed by atoms with Crippen molar-refractivity contribution >= 4 is 44.7 Å². The second kappa shape index (κ2) is 7.62. The zero-order valence-electron chi connectivity index (χ0n) is 16.8. The van der Waals surface area contributed by atoms with Gasteiger partial charge in [0.25, 0.3) is 5.89 Å². The first-order valence-electron chi connectivity index (χ1n) is 10.1. The van der Waals surface area contributed by atoms with Gasteiger partial charge in [-0.15, -0.1) is 10.2 Å². The molecule has 3 aromatic heterocycles. The second-order valence-corrected chi connectivity index (χ2v) is 7.76. The molecule has 3 heterocycles. The molecule has 0 saturated carbocycles. The summed E-state index contributed by atoms with van der Waals surface area (Å²) in [6, 6.07) is 23.1. The van der Waals surface area contributed by atoms with Crippen LogP contribution in [-0.4, -0.2) is 24.7 Å². The molecule has 7 nitrogen and oxygen atoms in total. The predicted molar refractivity (Wildman–Crippen MR) is 122 cm³/mol. The molecule has 0 unspecified atom stereocenters. The van der Waals surface area contributed by atoms with E-state index in [1.165, 1.54) is 0 Å². The Morgan fingerprint density at radius 2 is 1.53 bits per heavy atom. The molecular weight excluding hydrogens is 426 g/mol. The molecule has 3 aromatic carbocycles. The molecule has 0 N–H and O–H groups in total. The summed E-state index contributed by atoms with van der Waals surface area (Å²) >= 11 is 5.91. The van der Waals surface area contributed by atoms with Gasteiger partial charge in [0.05, 0.1) is 16.6 Å². The molecule has 6 aromatic rings. The molecule has 32 heavy (non-hydrogen) atoms. The molecule has 8 heteroatoms. The third-order valence-corrected chi connectivity index (χ3v) is 5.49. The summed E-state index contributed by atoms with van der Waals surface area (Å²) in [6.07, 6.45) is 0. The maximum absolute atomic E-state index is 5.91. The number of para-hydroxylation sites is 3. The molecule has 6 rings (SSSR count). The topological polar surface area (TPSA) is 78.9 Å². The highest BCUT2D eigenvalue weighted by Gasteiger charge is 2.17. The van der Waals surface area contributed by atoms with Crippen molar-refractivity contribution in [1.29, 1.82) is 0 Å². The van der Waals surface area contributed by atoms with Gasteiger partial charge in [0.2, 0.25) is 5.89 Å². The van der Waals surface area contributed by atoms with Crippen molar-refractivity contribution in [2.45, 2.75) is 13.2 Å². The number of nitrogens with zero attached hydrogens (tertiary/aromatic N) is 5. The van der Waals surface area contributed by atoms with Gasteiger partial charge in [0, 0.05) is 10.4 Å². The molecule has 0 atom stereocenters. The summed E-state index contributed by atoms with van der Waals surface area (Å²) in [7, 11) is 0. The number of hydrogen-bond donors (Lipinski definition) is 0. The number of ether oxygens (including phenoxy) is 1. The summed E-state index contributed by atoms with van der Waals surface area (Å²) < 4.78 is 13.6. The van der Waals surface area contributed by atoms with Crippen LogP contribution in [0.1, 0.15) is 11.8 Å². The molecule has 0 amide bonds. The summed E-state index contributed by atoms with van der Waals surface area (Å²) in [6.45, 7) is 0.553. The van der Waals surface area contributed by atoms with E-state index in [-0.39, 0.29) is 6.61 Å². The monoisotopic (exact) mass is 441 g/mol. The minimum absolute atomic E-state index is 0.173. The van der Waals surface area contributed by atoms with Gasteiger partial charge in [0.1, 0.15) is 17.8 Å². The zero-order chi connectivity index (χ0) is 21.5. The van der Waals surface area contributed by atoms with E-state index >= 15 is 0 Å². The van der Waals surface area contributed by atoms with Crippen LogP contribution >= 0.6 is 11.6 Å². The predicted octanol–water partition coefficient (Wildman–Crippen LogP) is 5.40.